The number of carbonyl (C=O) groups is 3. The Balaban J connectivity index is 4.57. The molecule has 6 nitrogen and oxygen atoms in total. The van der Waals surface area contributed by atoms with Crippen LogP contribution in [0.2, 0.25) is 0 Å². The molecule has 0 aliphatic carbocycles. The first-order valence-corrected chi connectivity index (χ1v) is 25.4. The van der Waals surface area contributed by atoms with Gasteiger partial charge in [0.25, 0.3) is 0 Å². The van der Waals surface area contributed by atoms with Crippen molar-refractivity contribution in [1.82, 2.24) is 0 Å². The average Bonchev–Trinajstić information content (AvgIpc) is 3.28. The van der Waals surface area contributed by atoms with E-state index in [1.54, 1.807) is 0 Å². The Hall–Kier alpha value is -3.93. The van der Waals surface area contributed by atoms with Crippen LogP contribution in [0, 0.1) is 0 Å². The van der Waals surface area contributed by atoms with Gasteiger partial charge in [0.15, 0.2) is 6.10 Å². The summed E-state index contributed by atoms with van der Waals surface area (Å²) >= 11 is 0. The number of rotatable bonds is 44. The zero-order valence-electron chi connectivity index (χ0n) is 40.5. The molecule has 0 amide bonds. The van der Waals surface area contributed by atoms with Crippen molar-refractivity contribution in [1.29, 1.82) is 0 Å². The maximum absolute atomic E-state index is 12.8. The number of carbonyl (C=O) groups excluding carboxylic acids is 3. The molecule has 0 saturated heterocycles. The van der Waals surface area contributed by atoms with E-state index >= 15 is 0 Å². The molecule has 0 aliphatic heterocycles. The van der Waals surface area contributed by atoms with Gasteiger partial charge in [0.2, 0.25) is 0 Å². The zero-order chi connectivity index (χ0) is 45.8. The van der Waals surface area contributed by atoms with Crippen LogP contribution in [0.15, 0.2) is 109 Å². The minimum Gasteiger partial charge on any atom is -0.462 e. The molecule has 0 bridgehead atoms. The third kappa shape index (κ3) is 49.0. The fourth-order valence-corrected chi connectivity index (χ4v) is 6.49. The Bertz CT molecular complexity index is 1330. The predicted molar refractivity (Wildman–Crippen MR) is 270 cm³/mol. The smallest absolute Gasteiger partial charge is 0.306 e. The number of hydrogen-bond donors (Lipinski definition) is 0. The minimum absolute atomic E-state index is 0.130. The third-order valence-electron chi connectivity index (χ3n) is 10.3. The van der Waals surface area contributed by atoms with E-state index in [9.17, 15) is 14.4 Å². The van der Waals surface area contributed by atoms with E-state index in [4.69, 9.17) is 14.2 Å². The van der Waals surface area contributed by atoms with Crippen LogP contribution < -0.4 is 0 Å². The molecule has 0 rings (SSSR count). The Kier molecular flexibility index (Phi) is 47.5. The van der Waals surface area contributed by atoms with Crippen LogP contribution in [0.5, 0.6) is 0 Å². The van der Waals surface area contributed by atoms with Gasteiger partial charge in [-0.1, -0.05) is 207 Å². The Morgan fingerprint density at radius 3 is 1.27 bits per heavy atom. The maximum atomic E-state index is 12.8. The van der Waals surface area contributed by atoms with Gasteiger partial charge < -0.3 is 14.2 Å². The van der Waals surface area contributed by atoms with Gasteiger partial charge in [-0.05, 0) is 96.3 Å². The SMILES string of the molecule is CC/C=C/C=C/C=C/CCCCCCCCCC(=O)OC(COC(=O)CC/C=C/C/C=C/CCCCCCCC)COC(=O)CCC/C=C/C/C=C/C/C=C/C/C=C/CCCCC. The van der Waals surface area contributed by atoms with Crippen LogP contribution in [0.1, 0.15) is 213 Å². The van der Waals surface area contributed by atoms with Crippen molar-refractivity contribution in [3.05, 3.63) is 109 Å². The second-order valence-corrected chi connectivity index (χ2v) is 16.4. The molecule has 1 atom stereocenters. The largest absolute Gasteiger partial charge is 0.462 e. The molecular formula is C57H92O6. The van der Waals surface area contributed by atoms with Gasteiger partial charge in [0.05, 0.1) is 0 Å². The summed E-state index contributed by atoms with van der Waals surface area (Å²) in [5, 5.41) is 0. The van der Waals surface area contributed by atoms with E-state index in [0.29, 0.717) is 12.8 Å². The van der Waals surface area contributed by atoms with Crippen LogP contribution in [0.25, 0.3) is 0 Å². The molecule has 0 saturated carbocycles. The highest BCUT2D eigenvalue weighted by molar-refractivity contribution is 5.71. The first kappa shape index (κ1) is 59.1. The lowest BCUT2D eigenvalue weighted by Crippen LogP contribution is -2.30. The summed E-state index contributed by atoms with van der Waals surface area (Å²) in [5.74, 6) is -1.07. The molecule has 0 spiro atoms. The van der Waals surface area contributed by atoms with Crippen molar-refractivity contribution in [3.8, 4) is 0 Å². The number of unbranched alkanes of at least 4 members (excludes halogenated alkanes) is 17. The molecule has 0 N–H and O–H groups in total. The molecule has 1 unspecified atom stereocenters. The lowest BCUT2D eigenvalue weighted by molar-refractivity contribution is -0.166. The van der Waals surface area contributed by atoms with Crippen LogP contribution >= 0.6 is 0 Å². The van der Waals surface area contributed by atoms with E-state index in [1.165, 1.54) is 83.5 Å². The van der Waals surface area contributed by atoms with E-state index in [2.05, 4.69) is 124 Å². The lowest BCUT2D eigenvalue weighted by Gasteiger charge is -2.18. The molecule has 0 aliphatic rings. The summed E-state index contributed by atoms with van der Waals surface area (Å²) in [6.07, 6.45) is 68.0. The van der Waals surface area contributed by atoms with Crippen LogP contribution in [-0.4, -0.2) is 37.2 Å². The summed E-state index contributed by atoms with van der Waals surface area (Å²) in [4.78, 5) is 37.9. The summed E-state index contributed by atoms with van der Waals surface area (Å²) < 4.78 is 16.7. The van der Waals surface area contributed by atoms with Crippen molar-refractivity contribution >= 4 is 17.9 Å². The highest BCUT2D eigenvalue weighted by Gasteiger charge is 2.19. The number of hydrogen-bond acceptors (Lipinski definition) is 6. The van der Waals surface area contributed by atoms with Gasteiger partial charge in [-0.15, -0.1) is 0 Å². The summed E-state index contributed by atoms with van der Waals surface area (Å²) in [6.45, 7) is 6.34. The summed E-state index contributed by atoms with van der Waals surface area (Å²) in [7, 11) is 0. The zero-order valence-corrected chi connectivity index (χ0v) is 40.5. The van der Waals surface area contributed by atoms with Gasteiger partial charge in [-0.25, -0.2) is 0 Å². The van der Waals surface area contributed by atoms with Gasteiger partial charge in [0, 0.05) is 19.3 Å². The molecule has 0 radical (unpaired) electrons. The van der Waals surface area contributed by atoms with Gasteiger partial charge in [0.1, 0.15) is 13.2 Å². The molecule has 0 aromatic carbocycles. The Morgan fingerprint density at radius 2 is 0.730 bits per heavy atom. The molecule has 356 valence electrons. The van der Waals surface area contributed by atoms with Crippen molar-refractivity contribution < 1.29 is 28.6 Å². The Labute approximate surface area is 387 Å². The quantitative estimate of drug-likeness (QED) is 0.0199. The minimum atomic E-state index is -0.830. The topological polar surface area (TPSA) is 78.9 Å². The first-order chi connectivity index (χ1) is 31.0. The van der Waals surface area contributed by atoms with Crippen molar-refractivity contribution in [2.45, 2.75) is 219 Å². The lowest BCUT2D eigenvalue weighted by atomic mass is 10.1. The van der Waals surface area contributed by atoms with Crippen LogP contribution in [0.4, 0.5) is 0 Å². The standard InChI is InChI=1S/C57H92O6/c1-4-7-10-13-16-19-22-25-27-28-30-32-35-38-41-44-47-50-56(59)62-53-54(52-61-55(58)49-46-43-40-37-34-31-24-21-18-15-12-9-6-3)63-57(60)51-48-45-42-39-36-33-29-26-23-20-17-14-11-8-5-2/h8,11,14,16-17,19-20,23,25,27,30-32,34,38,40-41,43,54H,4-7,9-10,12-13,15,18,21-22,24,26,28-29,33,35-37,39,42,44-53H2,1-3H3/b11-8+,17-14+,19-16+,23-20+,27-25+,32-30+,34-31+,41-38+,43-40+. The van der Waals surface area contributed by atoms with Gasteiger partial charge in [-0.3, -0.25) is 14.4 Å². The van der Waals surface area contributed by atoms with Gasteiger partial charge >= 0.3 is 17.9 Å². The second kappa shape index (κ2) is 50.7. The number of esters is 3. The Morgan fingerprint density at radius 1 is 0.349 bits per heavy atom. The summed E-state index contributed by atoms with van der Waals surface area (Å²) in [6, 6.07) is 0. The van der Waals surface area contributed by atoms with Crippen molar-refractivity contribution in [2.75, 3.05) is 13.2 Å². The molecular weight excluding hydrogens is 781 g/mol. The monoisotopic (exact) mass is 873 g/mol. The van der Waals surface area contributed by atoms with Crippen LogP contribution in [0.3, 0.4) is 0 Å². The highest BCUT2D eigenvalue weighted by Crippen LogP contribution is 2.12. The number of allylic oxidation sites excluding steroid dienone is 18. The molecule has 0 aromatic rings. The van der Waals surface area contributed by atoms with Crippen molar-refractivity contribution in [2.24, 2.45) is 0 Å². The van der Waals surface area contributed by atoms with E-state index in [0.717, 1.165) is 77.0 Å². The third-order valence-corrected chi connectivity index (χ3v) is 10.3. The normalized spacial score (nSPS) is 13.0. The molecule has 0 aromatic heterocycles. The molecule has 0 fully saturated rings. The first-order valence-electron chi connectivity index (χ1n) is 25.4. The fourth-order valence-electron chi connectivity index (χ4n) is 6.49. The predicted octanol–water partition coefficient (Wildman–Crippen LogP) is 16.8. The van der Waals surface area contributed by atoms with E-state index in [-0.39, 0.29) is 50.4 Å². The van der Waals surface area contributed by atoms with E-state index in [1.807, 2.05) is 6.08 Å². The van der Waals surface area contributed by atoms with Crippen LogP contribution in [-0.2, 0) is 28.6 Å². The highest BCUT2D eigenvalue weighted by atomic mass is 16.6. The molecule has 6 heteroatoms. The van der Waals surface area contributed by atoms with Crippen molar-refractivity contribution in [3.63, 3.8) is 0 Å². The maximum Gasteiger partial charge on any atom is 0.306 e. The molecule has 0 heterocycles. The fraction of sp³-hybridized carbons (Fsp3) is 0.632. The second-order valence-electron chi connectivity index (χ2n) is 16.4. The number of ether oxygens (including phenoxy) is 3. The summed E-state index contributed by atoms with van der Waals surface area (Å²) in [5.41, 5.74) is 0. The average molecular weight is 873 g/mol. The van der Waals surface area contributed by atoms with Gasteiger partial charge in [-0.2, -0.15) is 0 Å². The molecule has 63 heavy (non-hydrogen) atoms. The van der Waals surface area contributed by atoms with E-state index < -0.39 is 6.10 Å².